The van der Waals surface area contributed by atoms with E-state index in [1.54, 1.807) is 0 Å². The number of ether oxygens (including phenoxy) is 1. The summed E-state index contributed by atoms with van der Waals surface area (Å²) >= 11 is 0. The minimum Gasteiger partial charge on any atom is -0.374 e. The van der Waals surface area contributed by atoms with E-state index in [0.717, 1.165) is 30.5 Å². The molecule has 0 aliphatic heterocycles. The molecule has 0 bridgehead atoms. The molecule has 1 aliphatic rings. The molecule has 118 valence electrons. The van der Waals surface area contributed by atoms with Gasteiger partial charge in [-0.15, -0.1) is 0 Å². The largest absolute Gasteiger partial charge is 0.374 e. The third kappa shape index (κ3) is 4.84. The summed E-state index contributed by atoms with van der Waals surface area (Å²) in [6.45, 7) is 9.31. The first-order valence-corrected chi connectivity index (χ1v) is 8.15. The molecule has 2 rings (SSSR count). The predicted molar refractivity (Wildman–Crippen MR) is 86.6 cm³/mol. The lowest BCUT2D eigenvalue weighted by Gasteiger charge is -2.16. The summed E-state index contributed by atoms with van der Waals surface area (Å²) in [5.41, 5.74) is 0.512. The molecule has 1 fully saturated rings. The van der Waals surface area contributed by atoms with Gasteiger partial charge in [-0.2, -0.15) is 0 Å². The molecule has 1 aromatic rings. The molecule has 1 aromatic heterocycles. The summed E-state index contributed by atoms with van der Waals surface area (Å²) < 4.78 is 5.42. The lowest BCUT2D eigenvalue weighted by Crippen LogP contribution is -2.17. The highest BCUT2D eigenvalue weighted by Gasteiger charge is 2.41. The van der Waals surface area contributed by atoms with Crippen molar-refractivity contribution < 1.29 is 4.74 Å². The molecule has 1 aliphatic carbocycles. The zero-order valence-corrected chi connectivity index (χ0v) is 13.5. The zero-order chi connectivity index (χ0) is 15.1. The van der Waals surface area contributed by atoms with Crippen LogP contribution >= 0.6 is 0 Å². The van der Waals surface area contributed by atoms with Crippen molar-refractivity contribution in [1.29, 1.82) is 0 Å². The highest BCUT2D eigenvalue weighted by molar-refractivity contribution is 5.47. The third-order valence-corrected chi connectivity index (χ3v) is 3.95. The zero-order valence-electron chi connectivity index (χ0n) is 13.5. The highest BCUT2D eigenvalue weighted by atomic mass is 16.5. The average Bonchev–Trinajstić information content (AvgIpc) is 3.24. The first-order valence-electron chi connectivity index (χ1n) is 8.15. The van der Waals surface area contributed by atoms with Crippen molar-refractivity contribution in [2.45, 2.75) is 53.1 Å². The molecule has 5 heteroatoms. The second kappa shape index (κ2) is 7.59. The van der Waals surface area contributed by atoms with Crippen molar-refractivity contribution >= 4 is 11.6 Å². The third-order valence-electron chi connectivity index (χ3n) is 3.95. The summed E-state index contributed by atoms with van der Waals surface area (Å²) in [5.74, 6) is 2.50. The first-order chi connectivity index (χ1) is 10.2. The summed E-state index contributed by atoms with van der Waals surface area (Å²) in [5, 5.41) is 6.76. The number of rotatable bonds is 10. The smallest absolute Gasteiger partial charge is 0.158 e. The molecule has 0 unspecified atom stereocenters. The molecule has 0 saturated heterocycles. The fourth-order valence-electron chi connectivity index (χ4n) is 2.62. The topological polar surface area (TPSA) is 59.1 Å². The van der Waals surface area contributed by atoms with Gasteiger partial charge in [0.2, 0.25) is 0 Å². The second-order valence-electron chi connectivity index (χ2n) is 5.83. The molecule has 2 N–H and O–H groups in total. The SMILES string of the molecule is CCCC1(CNc2cc(NCC)nc(COCC)n2)CC1. The van der Waals surface area contributed by atoms with E-state index in [2.05, 4.69) is 34.4 Å². The number of anilines is 2. The van der Waals surface area contributed by atoms with Crippen molar-refractivity contribution in [3.8, 4) is 0 Å². The molecule has 1 heterocycles. The minimum absolute atomic E-state index is 0.463. The minimum atomic E-state index is 0.463. The van der Waals surface area contributed by atoms with Crippen molar-refractivity contribution in [2.75, 3.05) is 30.3 Å². The van der Waals surface area contributed by atoms with Crippen LogP contribution in [-0.2, 0) is 11.3 Å². The highest BCUT2D eigenvalue weighted by Crippen LogP contribution is 2.49. The first kappa shape index (κ1) is 16.0. The predicted octanol–water partition coefficient (Wildman–Crippen LogP) is 3.44. The molecule has 0 aromatic carbocycles. The van der Waals surface area contributed by atoms with E-state index in [-0.39, 0.29) is 0 Å². The van der Waals surface area contributed by atoms with Gasteiger partial charge < -0.3 is 15.4 Å². The molecule has 0 spiro atoms. The average molecular weight is 292 g/mol. The van der Waals surface area contributed by atoms with Gasteiger partial charge in [0.05, 0.1) is 0 Å². The van der Waals surface area contributed by atoms with Crippen LogP contribution in [0.5, 0.6) is 0 Å². The molecule has 1 saturated carbocycles. The van der Waals surface area contributed by atoms with Gasteiger partial charge in [0.15, 0.2) is 5.82 Å². The van der Waals surface area contributed by atoms with Gasteiger partial charge in [0, 0.05) is 25.8 Å². The summed E-state index contributed by atoms with van der Waals surface area (Å²) in [6.07, 6.45) is 5.23. The van der Waals surface area contributed by atoms with Crippen molar-refractivity contribution in [3.63, 3.8) is 0 Å². The van der Waals surface area contributed by atoms with E-state index in [9.17, 15) is 0 Å². The normalized spacial score (nSPS) is 15.8. The fourth-order valence-corrected chi connectivity index (χ4v) is 2.62. The van der Waals surface area contributed by atoms with E-state index in [4.69, 9.17) is 4.74 Å². The number of aromatic nitrogens is 2. The molecule has 5 nitrogen and oxygen atoms in total. The Bertz CT molecular complexity index is 446. The Balaban J connectivity index is 2.01. The Labute approximate surface area is 127 Å². The Morgan fingerprint density at radius 1 is 1.14 bits per heavy atom. The molecule has 0 amide bonds. The van der Waals surface area contributed by atoms with Crippen LogP contribution in [0.4, 0.5) is 11.6 Å². The van der Waals surface area contributed by atoms with Crippen LogP contribution in [-0.4, -0.2) is 29.7 Å². The van der Waals surface area contributed by atoms with E-state index in [1.807, 2.05) is 13.0 Å². The van der Waals surface area contributed by atoms with Gasteiger partial charge >= 0.3 is 0 Å². The van der Waals surface area contributed by atoms with Gasteiger partial charge in [-0.25, -0.2) is 9.97 Å². The lowest BCUT2D eigenvalue weighted by molar-refractivity contribution is 0.128. The van der Waals surface area contributed by atoms with E-state index >= 15 is 0 Å². The fraction of sp³-hybridized carbons (Fsp3) is 0.750. The van der Waals surface area contributed by atoms with Crippen LogP contribution in [0.2, 0.25) is 0 Å². The van der Waals surface area contributed by atoms with Gasteiger partial charge in [-0.3, -0.25) is 0 Å². The quantitative estimate of drug-likeness (QED) is 0.692. The van der Waals surface area contributed by atoms with Crippen LogP contribution < -0.4 is 10.6 Å². The van der Waals surface area contributed by atoms with Gasteiger partial charge in [-0.1, -0.05) is 13.3 Å². The molecule has 0 radical (unpaired) electrons. The monoisotopic (exact) mass is 292 g/mol. The Morgan fingerprint density at radius 2 is 1.86 bits per heavy atom. The summed E-state index contributed by atoms with van der Waals surface area (Å²) in [6, 6.07) is 1.99. The maximum absolute atomic E-state index is 5.42. The molecule has 21 heavy (non-hydrogen) atoms. The van der Waals surface area contributed by atoms with Gasteiger partial charge in [-0.05, 0) is 38.5 Å². The standard InChI is InChI=1S/C16H28N4O/c1-4-7-16(8-9-16)12-18-14-10-13(17-5-2)19-15(20-14)11-21-6-3/h10H,4-9,11-12H2,1-3H3,(H2,17,18,19,20). The van der Waals surface area contributed by atoms with Gasteiger partial charge in [0.25, 0.3) is 0 Å². The van der Waals surface area contributed by atoms with Crippen LogP contribution in [0.25, 0.3) is 0 Å². The van der Waals surface area contributed by atoms with Crippen LogP contribution in [0, 0.1) is 5.41 Å². The maximum Gasteiger partial charge on any atom is 0.158 e. The molecular weight excluding hydrogens is 264 g/mol. The van der Waals surface area contributed by atoms with Crippen LogP contribution in [0.1, 0.15) is 52.3 Å². The van der Waals surface area contributed by atoms with Crippen molar-refractivity contribution in [3.05, 3.63) is 11.9 Å². The number of nitrogens with zero attached hydrogens (tertiary/aromatic N) is 2. The lowest BCUT2D eigenvalue weighted by atomic mass is 10.0. The molecule has 0 atom stereocenters. The van der Waals surface area contributed by atoms with Crippen LogP contribution in [0.15, 0.2) is 6.07 Å². The number of hydrogen-bond acceptors (Lipinski definition) is 5. The Kier molecular flexibility index (Phi) is 5.79. The van der Waals surface area contributed by atoms with E-state index < -0.39 is 0 Å². The Hall–Kier alpha value is -1.36. The van der Waals surface area contributed by atoms with E-state index in [1.165, 1.54) is 25.7 Å². The molecular formula is C16H28N4O. The maximum atomic E-state index is 5.42. The number of hydrogen-bond donors (Lipinski definition) is 2. The summed E-state index contributed by atoms with van der Waals surface area (Å²) in [4.78, 5) is 9.03. The van der Waals surface area contributed by atoms with Gasteiger partial charge in [0.1, 0.15) is 18.2 Å². The van der Waals surface area contributed by atoms with E-state index in [0.29, 0.717) is 18.6 Å². The Morgan fingerprint density at radius 3 is 2.43 bits per heavy atom. The second-order valence-corrected chi connectivity index (χ2v) is 5.83. The van der Waals surface area contributed by atoms with Crippen molar-refractivity contribution in [1.82, 2.24) is 9.97 Å². The number of nitrogens with one attached hydrogen (secondary N) is 2. The van der Waals surface area contributed by atoms with Crippen LogP contribution in [0.3, 0.4) is 0 Å². The van der Waals surface area contributed by atoms with Crippen molar-refractivity contribution in [2.24, 2.45) is 5.41 Å². The summed E-state index contributed by atoms with van der Waals surface area (Å²) in [7, 11) is 0.